The van der Waals surface area contributed by atoms with Gasteiger partial charge in [0, 0.05) is 5.41 Å². The molecule has 16 heavy (non-hydrogen) atoms. The van der Waals surface area contributed by atoms with Crippen molar-refractivity contribution in [2.75, 3.05) is 0 Å². The van der Waals surface area contributed by atoms with Crippen LogP contribution in [-0.2, 0) is 5.41 Å². The van der Waals surface area contributed by atoms with Crippen molar-refractivity contribution in [1.29, 1.82) is 0 Å². The third-order valence-corrected chi connectivity index (χ3v) is 3.58. The van der Waals surface area contributed by atoms with Gasteiger partial charge in [0.1, 0.15) is 0 Å². The number of rotatable bonds is 2. The first kappa shape index (κ1) is 11.4. The summed E-state index contributed by atoms with van der Waals surface area (Å²) in [6.45, 7) is 4.65. The normalized spacial score (nSPS) is 17.2. The Hall–Kier alpha value is -1.04. The van der Waals surface area contributed by atoms with Crippen LogP contribution >= 0.6 is 0 Å². The SMILES string of the molecule is CC(C)(C=C1CCCCC1)c1ccccc1. The van der Waals surface area contributed by atoms with E-state index < -0.39 is 0 Å². The Kier molecular flexibility index (Phi) is 3.48. The van der Waals surface area contributed by atoms with E-state index in [2.05, 4.69) is 50.3 Å². The maximum Gasteiger partial charge on any atom is 0.00779 e. The van der Waals surface area contributed by atoms with Gasteiger partial charge < -0.3 is 0 Å². The molecular formula is C16H22. The van der Waals surface area contributed by atoms with E-state index in [1.807, 2.05) is 0 Å². The highest BCUT2D eigenvalue weighted by Crippen LogP contribution is 2.31. The molecule has 1 aliphatic rings. The molecule has 2 rings (SSSR count). The van der Waals surface area contributed by atoms with Gasteiger partial charge in [-0.3, -0.25) is 0 Å². The van der Waals surface area contributed by atoms with Crippen LogP contribution in [0, 0.1) is 0 Å². The molecule has 0 heteroatoms. The molecule has 0 nitrogen and oxygen atoms in total. The van der Waals surface area contributed by atoms with Crippen LogP contribution in [0.3, 0.4) is 0 Å². The first-order chi connectivity index (χ1) is 7.68. The molecule has 1 fully saturated rings. The van der Waals surface area contributed by atoms with E-state index in [1.54, 1.807) is 5.57 Å². The molecule has 1 aliphatic carbocycles. The van der Waals surface area contributed by atoms with E-state index in [0.29, 0.717) is 0 Å². The lowest BCUT2D eigenvalue weighted by atomic mass is 9.80. The third-order valence-electron chi connectivity index (χ3n) is 3.58. The van der Waals surface area contributed by atoms with E-state index in [9.17, 15) is 0 Å². The predicted octanol–water partition coefficient (Wildman–Crippen LogP) is 4.85. The fraction of sp³-hybridized carbons (Fsp3) is 0.500. The second kappa shape index (κ2) is 4.86. The van der Waals surface area contributed by atoms with Crippen molar-refractivity contribution in [1.82, 2.24) is 0 Å². The Morgan fingerprint density at radius 1 is 0.938 bits per heavy atom. The van der Waals surface area contributed by atoms with Gasteiger partial charge in [-0.1, -0.05) is 62.2 Å². The molecule has 0 heterocycles. The van der Waals surface area contributed by atoms with Gasteiger partial charge in [0.15, 0.2) is 0 Å². The summed E-state index contributed by atoms with van der Waals surface area (Å²) in [5.74, 6) is 0. The van der Waals surface area contributed by atoms with Gasteiger partial charge in [0.2, 0.25) is 0 Å². The van der Waals surface area contributed by atoms with Crippen molar-refractivity contribution < 1.29 is 0 Å². The zero-order valence-electron chi connectivity index (χ0n) is 10.5. The van der Waals surface area contributed by atoms with Gasteiger partial charge in [-0.25, -0.2) is 0 Å². The fourth-order valence-electron chi connectivity index (χ4n) is 2.61. The fourth-order valence-corrected chi connectivity index (χ4v) is 2.61. The highest BCUT2D eigenvalue weighted by molar-refractivity contribution is 5.30. The highest BCUT2D eigenvalue weighted by atomic mass is 14.2. The molecule has 1 aromatic carbocycles. The zero-order valence-corrected chi connectivity index (χ0v) is 10.5. The van der Waals surface area contributed by atoms with Crippen LogP contribution in [0.25, 0.3) is 0 Å². The Morgan fingerprint density at radius 3 is 2.19 bits per heavy atom. The van der Waals surface area contributed by atoms with E-state index >= 15 is 0 Å². The average Bonchev–Trinajstić information content (AvgIpc) is 2.31. The lowest BCUT2D eigenvalue weighted by Gasteiger charge is -2.24. The summed E-state index contributed by atoms with van der Waals surface area (Å²) in [6, 6.07) is 10.8. The summed E-state index contributed by atoms with van der Waals surface area (Å²) in [5.41, 5.74) is 3.28. The van der Waals surface area contributed by atoms with Gasteiger partial charge in [0.25, 0.3) is 0 Å². The molecule has 0 bridgehead atoms. The number of benzene rings is 1. The van der Waals surface area contributed by atoms with Crippen molar-refractivity contribution in [2.45, 2.75) is 51.4 Å². The van der Waals surface area contributed by atoms with Gasteiger partial charge in [-0.2, -0.15) is 0 Å². The van der Waals surface area contributed by atoms with Crippen molar-refractivity contribution in [2.24, 2.45) is 0 Å². The molecule has 0 saturated heterocycles. The maximum atomic E-state index is 2.50. The minimum absolute atomic E-state index is 0.188. The molecule has 86 valence electrons. The second-order valence-corrected chi connectivity index (χ2v) is 5.45. The molecule has 0 unspecified atom stereocenters. The van der Waals surface area contributed by atoms with Crippen molar-refractivity contribution >= 4 is 0 Å². The lowest BCUT2D eigenvalue weighted by Crippen LogP contribution is -2.15. The van der Waals surface area contributed by atoms with Gasteiger partial charge >= 0.3 is 0 Å². The van der Waals surface area contributed by atoms with Gasteiger partial charge in [0.05, 0.1) is 0 Å². The predicted molar refractivity (Wildman–Crippen MR) is 70.6 cm³/mol. The number of allylic oxidation sites excluding steroid dienone is 2. The summed E-state index contributed by atoms with van der Waals surface area (Å²) in [4.78, 5) is 0. The molecule has 0 atom stereocenters. The summed E-state index contributed by atoms with van der Waals surface area (Å²) in [6.07, 6.45) is 9.32. The minimum atomic E-state index is 0.188. The molecule has 0 aliphatic heterocycles. The van der Waals surface area contributed by atoms with E-state index in [-0.39, 0.29) is 5.41 Å². The van der Waals surface area contributed by atoms with Crippen LogP contribution in [-0.4, -0.2) is 0 Å². The van der Waals surface area contributed by atoms with Gasteiger partial charge in [-0.15, -0.1) is 0 Å². The molecule has 0 spiro atoms. The minimum Gasteiger partial charge on any atom is -0.0753 e. The summed E-state index contributed by atoms with van der Waals surface area (Å²) in [7, 11) is 0. The van der Waals surface area contributed by atoms with Crippen LogP contribution in [0.5, 0.6) is 0 Å². The molecule has 0 aromatic heterocycles. The largest absolute Gasteiger partial charge is 0.0753 e. The van der Waals surface area contributed by atoms with Crippen LogP contribution < -0.4 is 0 Å². The Labute approximate surface area is 99.4 Å². The van der Waals surface area contributed by atoms with Crippen molar-refractivity contribution in [3.63, 3.8) is 0 Å². The monoisotopic (exact) mass is 214 g/mol. The Bertz CT molecular complexity index is 349. The molecule has 0 amide bonds. The van der Waals surface area contributed by atoms with Crippen LogP contribution in [0.2, 0.25) is 0 Å². The second-order valence-electron chi connectivity index (χ2n) is 5.45. The standard InChI is InChI=1S/C16H22/c1-16(2,15-11-7-4-8-12-15)13-14-9-5-3-6-10-14/h4,7-8,11-13H,3,5-6,9-10H2,1-2H3. The quantitative estimate of drug-likeness (QED) is 0.617. The first-order valence-corrected chi connectivity index (χ1v) is 6.45. The third kappa shape index (κ3) is 2.75. The van der Waals surface area contributed by atoms with E-state index in [4.69, 9.17) is 0 Å². The summed E-state index contributed by atoms with van der Waals surface area (Å²) in [5, 5.41) is 0. The molecule has 0 radical (unpaired) electrons. The van der Waals surface area contributed by atoms with Crippen molar-refractivity contribution in [3.8, 4) is 0 Å². The van der Waals surface area contributed by atoms with Gasteiger partial charge in [-0.05, 0) is 31.2 Å². The lowest BCUT2D eigenvalue weighted by molar-refractivity contribution is 0.576. The number of hydrogen-bond acceptors (Lipinski definition) is 0. The van der Waals surface area contributed by atoms with Crippen LogP contribution in [0.15, 0.2) is 42.0 Å². The zero-order chi connectivity index (χ0) is 11.4. The smallest absolute Gasteiger partial charge is 0.00779 e. The maximum absolute atomic E-state index is 2.50. The van der Waals surface area contributed by atoms with E-state index in [0.717, 1.165) is 0 Å². The average molecular weight is 214 g/mol. The summed E-state index contributed by atoms with van der Waals surface area (Å²) >= 11 is 0. The topological polar surface area (TPSA) is 0 Å². The van der Waals surface area contributed by atoms with Crippen LogP contribution in [0.1, 0.15) is 51.5 Å². The first-order valence-electron chi connectivity index (χ1n) is 6.45. The van der Waals surface area contributed by atoms with E-state index in [1.165, 1.54) is 37.7 Å². The summed E-state index contributed by atoms with van der Waals surface area (Å²) < 4.78 is 0. The molecule has 1 aromatic rings. The number of hydrogen-bond donors (Lipinski definition) is 0. The molecule has 1 saturated carbocycles. The Morgan fingerprint density at radius 2 is 1.56 bits per heavy atom. The highest BCUT2D eigenvalue weighted by Gasteiger charge is 2.18. The van der Waals surface area contributed by atoms with Crippen LogP contribution in [0.4, 0.5) is 0 Å². The molecule has 0 N–H and O–H groups in total. The Balaban J connectivity index is 2.18. The molecular weight excluding hydrogens is 192 g/mol. The van der Waals surface area contributed by atoms with Crippen molar-refractivity contribution in [3.05, 3.63) is 47.5 Å².